The van der Waals surface area contributed by atoms with Crippen LogP contribution in [0.15, 0.2) is 21.6 Å². The number of hydrogen-bond donors (Lipinski definition) is 2. The van der Waals surface area contributed by atoms with E-state index in [2.05, 4.69) is 38.5 Å². The number of nitrogens with one attached hydrogen (secondary N) is 2. The lowest BCUT2D eigenvalue weighted by Gasteiger charge is -2.11. The number of hydrogen-bond acceptors (Lipinski definition) is 4. The van der Waals surface area contributed by atoms with Crippen LogP contribution in [0.4, 0.5) is 0 Å². The van der Waals surface area contributed by atoms with Crippen molar-refractivity contribution in [2.45, 2.75) is 26.8 Å². The zero-order chi connectivity index (χ0) is 16.5. The van der Waals surface area contributed by atoms with Crippen LogP contribution in [0.3, 0.4) is 0 Å². The highest BCUT2D eigenvalue weighted by atomic mass is 127. The number of aliphatic imine (C=N–C) groups is 1. The lowest BCUT2D eigenvalue weighted by Crippen LogP contribution is -2.38. The van der Waals surface area contributed by atoms with Gasteiger partial charge in [0.1, 0.15) is 0 Å². The zero-order valence-corrected chi connectivity index (χ0v) is 18.0. The summed E-state index contributed by atoms with van der Waals surface area (Å²) >= 11 is 3.50. The summed E-state index contributed by atoms with van der Waals surface area (Å²) < 4.78 is 17.0. The van der Waals surface area contributed by atoms with Crippen LogP contribution >= 0.6 is 39.9 Å². The van der Waals surface area contributed by atoms with Crippen molar-refractivity contribution in [3.63, 3.8) is 0 Å². The Hall–Kier alpha value is -0.740. The summed E-state index contributed by atoms with van der Waals surface area (Å²) in [4.78, 5) is 4.60. The molecule has 8 heteroatoms. The number of guanidine groups is 1. The molecule has 24 heavy (non-hydrogen) atoms. The molecule has 0 amide bonds. The molecule has 0 atom stereocenters. The topological polar surface area (TPSA) is 64.1 Å². The summed E-state index contributed by atoms with van der Waals surface area (Å²) in [6.07, 6.45) is 0.952. The van der Waals surface area contributed by atoms with Crippen LogP contribution in [0.1, 0.15) is 25.8 Å². The van der Waals surface area contributed by atoms with Crippen LogP contribution in [-0.2, 0) is 11.3 Å². The van der Waals surface area contributed by atoms with E-state index >= 15 is 0 Å². The maximum absolute atomic E-state index is 5.43. The van der Waals surface area contributed by atoms with Gasteiger partial charge in [0.05, 0.1) is 11.0 Å². The molecule has 0 spiro atoms. The lowest BCUT2D eigenvalue weighted by atomic mass is 10.2. The molecular formula is C16H25BrIN3O3. The third-order valence-electron chi connectivity index (χ3n) is 3.21. The molecular weight excluding hydrogens is 489 g/mol. The van der Waals surface area contributed by atoms with Gasteiger partial charge >= 0.3 is 0 Å². The van der Waals surface area contributed by atoms with E-state index in [9.17, 15) is 0 Å². The van der Waals surface area contributed by atoms with E-state index in [0.717, 1.165) is 60.2 Å². The van der Waals surface area contributed by atoms with Gasteiger partial charge in [0.2, 0.25) is 6.79 Å². The molecule has 2 rings (SSSR count). The third kappa shape index (κ3) is 6.64. The second kappa shape index (κ2) is 11.8. The van der Waals surface area contributed by atoms with E-state index in [1.165, 1.54) is 0 Å². The number of ether oxygens (including phenoxy) is 3. The van der Waals surface area contributed by atoms with Gasteiger partial charge in [0.15, 0.2) is 17.5 Å². The minimum absolute atomic E-state index is 0. The van der Waals surface area contributed by atoms with Crippen molar-refractivity contribution in [1.82, 2.24) is 10.6 Å². The molecule has 6 nitrogen and oxygen atoms in total. The maximum atomic E-state index is 5.43. The predicted molar refractivity (Wildman–Crippen MR) is 110 cm³/mol. The minimum atomic E-state index is 0. The van der Waals surface area contributed by atoms with Gasteiger partial charge in [-0.1, -0.05) is 0 Å². The standard InChI is InChI=1S/C16H24BrN3O3.HI/c1-3-18-16(19-6-5-7-21-4-2)20-10-12-8-13(17)15-14(9-12)22-11-23-15;/h8-9H,3-7,10-11H2,1-2H3,(H2,18,19,20);1H. The normalized spacial score (nSPS) is 12.7. The first-order valence-corrected chi connectivity index (χ1v) is 8.71. The first kappa shape index (κ1) is 21.3. The number of nitrogens with zero attached hydrogens (tertiary/aromatic N) is 1. The van der Waals surface area contributed by atoms with Crippen molar-refractivity contribution in [2.75, 3.05) is 33.1 Å². The van der Waals surface area contributed by atoms with Crippen molar-refractivity contribution in [1.29, 1.82) is 0 Å². The van der Waals surface area contributed by atoms with E-state index < -0.39 is 0 Å². The van der Waals surface area contributed by atoms with Crippen molar-refractivity contribution in [3.05, 3.63) is 22.2 Å². The zero-order valence-electron chi connectivity index (χ0n) is 14.1. The van der Waals surface area contributed by atoms with Crippen molar-refractivity contribution in [3.8, 4) is 11.5 Å². The first-order chi connectivity index (χ1) is 11.2. The van der Waals surface area contributed by atoms with Crippen LogP contribution in [0.25, 0.3) is 0 Å². The molecule has 1 aliphatic heterocycles. The van der Waals surface area contributed by atoms with Gasteiger partial charge in [-0.2, -0.15) is 0 Å². The minimum Gasteiger partial charge on any atom is -0.454 e. The summed E-state index contributed by atoms with van der Waals surface area (Å²) in [5.41, 5.74) is 1.06. The van der Waals surface area contributed by atoms with Crippen LogP contribution in [0, 0.1) is 0 Å². The molecule has 0 radical (unpaired) electrons. The molecule has 0 saturated heterocycles. The molecule has 0 fully saturated rings. The van der Waals surface area contributed by atoms with Crippen molar-refractivity contribution in [2.24, 2.45) is 4.99 Å². The maximum Gasteiger partial charge on any atom is 0.231 e. The van der Waals surface area contributed by atoms with Crippen molar-refractivity contribution < 1.29 is 14.2 Å². The Bertz CT molecular complexity index is 544. The fourth-order valence-corrected chi connectivity index (χ4v) is 2.75. The van der Waals surface area contributed by atoms with Gasteiger partial charge in [-0.25, -0.2) is 4.99 Å². The smallest absolute Gasteiger partial charge is 0.231 e. The van der Waals surface area contributed by atoms with Gasteiger partial charge < -0.3 is 24.8 Å². The fourth-order valence-electron chi connectivity index (χ4n) is 2.15. The molecule has 0 aliphatic carbocycles. The van der Waals surface area contributed by atoms with E-state index in [0.29, 0.717) is 6.54 Å². The van der Waals surface area contributed by atoms with Crippen molar-refractivity contribution >= 4 is 45.9 Å². The van der Waals surface area contributed by atoms with E-state index in [1.807, 2.05) is 19.1 Å². The first-order valence-electron chi connectivity index (χ1n) is 7.92. The van der Waals surface area contributed by atoms with E-state index in [1.54, 1.807) is 0 Å². The average Bonchev–Trinajstić information content (AvgIpc) is 3.01. The largest absolute Gasteiger partial charge is 0.454 e. The molecule has 0 aromatic heterocycles. The molecule has 1 aromatic rings. The molecule has 0 saturated carbocycles. The summed E-state index contributed by atoms with van der Waals surface area (Å²) in [7, 11) is 0. The molecule has 1 heterocycles. The van der Waals surface area contributed by atoms with Gasteiger partial charge in [-0.3, -0.25) is 0 Å². The second-order valence-electron chi connectivity index (χ2n) is 4.98. The van der Waals surface area contributed by atoms with E-state index in [-0.39, 0.29) is 30.8 Å². The summed E-state index contributed by atoms with van der Waals surface area (Å²) in [6.45, 7) is 8.06. The number of rotatable bonds is 8. The summed E-state index contributed by atoms with van der Waals surface area (Å²) in [6, 6.07) is 3.98. The number of fused-ring (bicyclic) bond motifs is 1. The predicted octanol–water partition coefficient (Wildman–Crippen LogP) is 3.28. The Morgan fingerprint density at radius 1 is 1.29 bits per heavy atom. The summed E-state index contributed by atoms with van der Waals surface area (Å²) in [5, 5.41) is 6.55. The molecule has 1 aromatic carbocycles. The van der Waals surface area contributed by atoms with Gasteiger partial charge in [-0.05, 0) is 53.9 Å². The average molecular weight is 514 g/mol. The third-order valence-corrected chi connectivity index (χ3v) is 3.80. The second-order valence-corrected chi connectivity index (χ2v) is 5.84. The highest BCUT2D eigenvalue weighted by Gasteiger charge is 2.17. The molecule has 1 aliphatic rings. The monoisotopic (exact) mass is 513 g/mol. The summed E-state index contributed by atoms with van der Waals surface area (Å²) in [5.74, 6) is 2.33. The Balaban J connectivity index is 0.00000288. The Kier molecular flexibility index (Phi) is 10.4. The molecule has 0 bridgehead atoms. The van der Waals surface area contributed by atoms with Gasteiger partial charge in [0, 0.05) is 26.3 Å². The van der Waals surface area contributed by atoms with Crippen LogP contribution in [-0.4, -0.2) is 39.1 Å². The Morgan fingerprint density at radius 2 is 2.12 bits per heavy atom. The molecule has 0 unspecified atom stereocenters. The van der Waals surface area contributed by atoms with Crippen LogP contribution < -0.4 is 20.1 Å². The number of benzene rings is 1. The highest BCUT2D eigenvalue weighted by molar-refractivity contribution is 14.0. The molecule has 2 N–H and O–H groups in total. The van der Waals surface area contributed by atoms with Crippen LogP contribution in [0.5, 0.6) is 11.5 Å². The van der Waals surface area contributed by atoms with Gasteiger partial charge in [-0.15, -0.1) is 24.0 Å². The molecule has 136 valence electrons. The SMILES string of the molecule is CCNC(=NCc1cc(Br)c2c(c1)OCO2)NCCCOCC.I. The van der Waals surface area contributed by atoms with E-state index in [4.69, 9.17) is 14.2 Å². The van der Waals surface area contributed by atoms with Crippen LogP contribution in [0.2, 0.25) is 0 Å². The number of halogens is 2. The quantitative estimate of drug-likeness (QED) is 0.242. The highest BCUT2D eigenvalue weighted by Crippen LogP contribution is 2.40. The lowest BCUT2D eigenvalue weighted by molar-refractivity contribution is 0.145. The fraction of sp³-hybridized carbons (Fsp3) is 0.562. The Labute approximate surface area is 168 Å². The Morgan fingerprint density at radius 3 is 2.88 bits per heavy atom. The van der Waals surface area contributed by atoms with Gasteiger partial charge in [0.25, 0.3) is 0 Å².